The molecule has 15 heavy (non-hydrogen) atoms. The van der Waals surface area contributed by atoms with Gasteiger partial charge in [-0.05, 0) is 41.8 Å². The van der Waals surface area contributed by atoms with E-state index in [2.05, 4.69) is 4.98 Å². The standard InChI is InChI=1S/C12H9ClFN/c13-12-11-8(3-4-15-12)5-9(6-10(11)14)7-1-2-7/h3-7H,1-2H2. The van der Waals surface area contributed by atoms with Crippen molar-refractivity contribution in [3.05, 3.63) is 40.9 Å². The molecule has 1 aromatic heterocycles. The largest absolute Gasteiger partial charge is 0.244 e. The van der Waals surface area contributed by atoms with Gasteiger partial charge >= 0.3 is 0 Å². The van der Waals surface area contributed by atoms with Crippen LogP contribution in [0, 0.1) is 5.82 Å². The number of hydrogen-bond donors (Lipinski definition) is 0. The first-order valence-corrected chi connectivity index (χ1v) is 5.37. The van der Waals surface area contributed by atoms with Gasteiger partial charge in [-0.1, -0.05) is 17.7 Å². The molecule has 3 rings (SSSR count). The minimum Gasteiger partial charge on any atom is -0.244 e. The van der Waals surface area contributed by atoms with Crippen molar-refractivity contribution in [2.45, 2.75) is 18.8 Å². The van der Waals surface area contributed by atoms with E-state index in [0.717, 1.165) is 10.9 Å². The normalized spacial score (nSPS) is 15.9. The van der Waals surface area contributed by atoms with E-state index in [9.17, 15) is 4.39 Å². The molecule has 1 saturated carbocycles. The first kappa shape index (κ1) is 9.10. The lowest BCUT2D eigenvalue weighted by molar-refractivity contribution is 0.637. The molecule has 1 aliphatic carbocycles. The Kier molecular flexibility index (Phi) is 1.93. The zero-order valence-electron chi connectivity index (χ0n) is 8.00. The maximum absolute atomic E-state index is 13.8. The molecule has 0 amide bonds. The molecular weight excluding hydrogens is 213 g/mol. The van der Waals surface area contributed by atoms with Crippen molar-refractivity contribution in [1.82, 2.24) is 4.98 Å². The van der Waals surface area contributed by atoms with Gasteiger partial charge in [-0.25, -0.2) is 9.37 Å². The van der Waals surface area contributed by atoms with Crippen LogP contribution >= 0.6 is 11.6 Å². The Balaban J connectivity index is 2.31. The fourth-order valence-electron chi connectivity index (χ4n) is 1.90. The maximum Gasteiger partial charge on any atom is 0.139 e. The predicted octanol–water partition coefficient (Wildman–Crippen LogP) is 3.90. The van der Waals surface area contributed by atoms with Crippen molar-refractivity contribution in [2.24, 2.45) is 0 Å². The van der Waals surface area contributed by atoms with E-state index >= 15 is 0 Å². The van der Waals surface area contributed by atoms with Gasteiger partial charge in [0.05, 0.1) is 5.39 Å². The molecule has 0 radical (unpaired) electrons. The molecule has 3 heteroatoms. The third-order valence-corrected chi connectivity index (χ3v) is 3.13. The number of aromatic nitrogens is 1. The number of benzene rings is 1. The third kappa shape index (κ3) is 1.49. The van der Waals surface area contributed by atoms with E-state index in [1.165, 1.54) is 12.8 Å². The Labute approximate surface area is 91.9 Å². The molecule has 0 bridgehead atoms. The van der Waals surface area contributed by atoms with Gasteiger partial charge in [0.2, 0.25) is 0 Å². The monoisotopic (exact) mass is 221 g/mol. The average Bonchev–Trinajstić information content (AvgIpc) is 3.00. The van der Waals surface area contributed by atoms with Crippen molar-refractivity contribution in [3.63, 3.8) is 0 Å². The highest BCUT2D eigenvalue weighted by Gasteiger charge is 2.24. The molecule has 0 aliphatic heterocycles. The Morgan fingerprint density at radius 2 is 2.13 bits per heavy atom. The van der Waals surface area contributed by atoms with E-state index in [0.29, 0.717) is 11.3 Å². The second kappa shape index (κ2) is 3.17. The van der Waals surface area contributed by atoms with Gasteiger partial charge in [-0.15, -0.1) is 0 Å². The van der Waals surface area contributed by atoms with Gasteiger partial charge in [0.1, 0.15) is 11.0 Å². The number of fused-ring (bicyclic) bond motifs is 1. The Hall–Kier alpha value is -1.15. The van der Waals surface area contributed by atoms with Crippen LogP contribution in [0.25, 0.3) is 10.8 Å². The van der Waals surface area contributed by atoms with Crippen LogP contribution in [0.15, 0.2) is 24.4 Å². The van der Waals surface area contributed by atoms with Crippen LogP contribution in [-0.2, 0) is 0 Å². The molecule has 2 aromatic rings. The highest BCUT2D eigenvalue weighted by Crippen LogP contribution is 2.41. The minimum atomic E-state index is -0.257. The van der Waals surface area contributed by atoms with E-state index in [4.69, 9.17) is 11.6 Å². The molecule has 0 saturated heterocycles. The molecule has 0 N–H and O–H groups in total. The van der Waals surface area contributed by atoms with Crippen LogP contribution in [0.4, 0.5) is 4.39 Å². The summed E-state index contributed by atoms with van der Waals surface area (Å²) in [5, 5.41) is 1.52. The molecule has 0 spiro atoms. The van der Waals surface area contributed by atoms with Crippen LogP contribution in [0.3, 0.4) is 0 Å². The zero-order chi connectivity index (χ0) is 10.4. The van der Waals surface area contributed by atoms with Gasteiger partial charge in [0.25, 0.3) is 0 Å². The fraction of sp³-hybridized carbons (Fsp3) is 0.250. The molecule has 1 fully saturated rings. The lowest BCUT2D eigenvalue weighted by Gasteiger charge is -2.04. The van der Waals surface area contributed by atoms with Crippen molar-refractivity contribution < 1.29 is 4.39 Å². The van der Waals surface area contributed by atoms with Gasteiger partial charge < -0.3 is 0 Å². The van der Waals surface area contributed by atoms with Crippen molar-refractivity contribution in [3.8, 4) is 0 Å². The highest BCUT2D eigenvalue weighted by molar-refractivity contribution is 6.34. The van der Waals surface area contributed by atoms with Crippen LogP contribution in [0.5, 0.6) is 0 Å². The SMILES string of the molecule is Fc1cc(C2CC2)cc2ccnc(Cl)c12. The van der Waals surface area contributed by atoms with E-state index in [1.54, 1.807) is 18.3 Å². The van der Waals surface area contributed by atoms with Crippen LogP contribution in [0.2, 0.25) is 5.15 Å². The Morgan fingerprint density at radius 3 is 2.87 bits per heavy atom. The van der Waals surface area contributed by atoms with E-state index in [-0.39, 0.29) is 11.0 Å². The molecule has 0 atom stereocenters. The van der Waals surface area contributed by atoms with E-state index < -0.39 is 0 Å². The summed E-state index contributed by atoms with van der Waals surface area (Å²) in [5.41, 5.74) is 1.09. The van der Waals surface area contributed by atoms with Crippen LogP contribution in [0.1, 0.15) is 24.3 Å². The number of pyridine rings is 1. The molecule has 1 aliphatic rings. The smallest absolute Gasteiger partial charge is 0.139 e. The quantitative estimate of drug-likeness (QED) is 0.666. The highest BCUT2D eigenvalue weighted by atomic mass is 35.5. The summed E-state index contributed by atoms with van der Waals surface area (Å²) in [4.78, 5) is 3.88. The molecule has 1 aromatic carbocycles. The van der Waals surface area contributed by atoms with E-state index in [1.807, 2.05) is 6.07 Å². The first-order chi connectivity index (χ1) is 7.25. The number of hydrogen-bond acceptors (Lipinski definition) is 1. The Bertz CT molecular complexity index is 534. The molecule has 1 nitrogen and oxygen atoms in total. The van der Waals surface area contributed by atoms with Crippen LogP contribution < -0.4 is 0 Å². The third-order valence-electron chi connectivity index (χ3n) is 2.84. The van der Waals surface area contributed by atoms with Gasteiger partial charge in [-0.3, -0.25) is 0 Å². The van der Waals surface area contributed by atoms with Gasteiger partial charge in [0, 0.05) is 6.20 Å². The zero-order valence-corrected chi connectivity index (χ0v) is 8.76. The maximum atomic E-state index is 13.8. The lowest BCUT2D eigenvalue weighted by Crippen LogP contribution is -1.88. The number of halogens is 2. The summed E-state index contributed by atoms with van der Waals surface area (Å²) in [6.07, 6.45) is 3.95. The van der Waals surface area contributed by atoms with Gasteiger partial charge in [0.15, 0.2) is 0 Å². The van der Waals surface area contributed by atoms with Crippen molar-refractivity contribution >= 4 is 22.4 Å². The topological polar surface area (TPSA) is 12.9 Å². The summed E-state index contributed by atoms with van der Waals surface area (Å²) in [6, 6.07) is 5.41. The summed E-state index contributed by atoms with van der Waals surface area (Å²) >= 11 is 5.86. The van der Waals surface area contributed by atoms with Crippen molar-refractivity contribution in [1.29, 1.82) is 0 Å². The summed E-state index contributed by atoms with van der Waals surface area (Å²) in [5.74, 6) is 0.295. The first-order valence-electron chi connectivity index (χ1n) is 4.99. The predicted molar refractivity (Wildman–Crippen MR) is 58.7 cm³/mol. The average molecular weight is 222 g/mol. The second-order valence-corrected chi connectivity index (χ2v) is 4.33. The second-order valence-electron chi connectivity index (χ2n) is 3.98. The molecular formula is C12H9ClFN. The summed E-state index contributed by atoms with van der Waals surface area (Å²) in [7, 11) is 0. The molecule has 1 heterocycles. The van der Waals surface area contributed by atoms with Crippen LogP contribution in [-0.4, -0.2) is 4.98 Å². The summed E-state index contributed by atoms with van der Waals surface area (Å²) < 4.78 is 13.8. The number of nitrogens with zero attached hydrogens (tertiary/aromatic N) is 1. The Morgan fingerprint density at radius 1 is 1.33 bits per heavy atom. The molecule has 0 unspecified atom stereocenters. The number of rotatable bonds is 1. The van der Waals surface area contributed by atoms with Gasteiger partial charge in [-0.2, -0.15) is 0 Å². The lowest BCUT2D eigenvalue weighted by atomic mass is 10.1. The van der Waals surface area contributed by atoms with Crippen molar-refractivity contribution in [2.75, 3.05) is 0 Å². The minimum absolute atomic E-state index is 0.243. The summed E-state index contributed by atoms with van der Waals surface area (Å²) in [6.45, 7) is 0. The molecule has 76 valence electrons. The fourth-order valence-corrected chi connectivity index (χ4v) is 2.15.